The molecule has 2 aromatic rings. The van der Waals surface area contributed by atoms with Gasteiger partial charge in [0.15, 0.2) is 0 Å². The number of nitrogens with one attached hydrogen (secondary N) is 2. The smallest absolute Gasteiger partial charge is 0.253 e. The van der Waals surface area contributed by atoms with Crippen molar-refractivity contribution in [1.29, 1.82) is 0 Å². The number of anilines is 1. The number of hydrogen-bond donors (Lipinski definition) is 2. The van der Waals surface area contributed by atoms with Gasteiger partial charge in [0, 0.05) is 25.6 Å². The van der Waals surface area contributed by atoms with E-state index in [4.69, 9.17) is 0 Å². The number of rotatable bonds is 8. The first-order valence-electron chi connectivity index (χ1n) is 9.14. The van der Waals surface area contributed by atoms with Crippen molar-refractivity contribution in [3.8, 4) is 0 Å². The van der Waals surface area contributed by atoms with Gasteiger partial charge < -0.3 is 15.5 Å². The van der Waals surface area contributed by atoms with Gasteiger partial charge in [-0.05, 0) is 49.7 Å². The second-order valence-electron chi connectivity index (χ2n) is 6.96. The molecule has 1 aliphatic carbocycles. The van der Waals surface area contributed by atoms with Crippen LogP contribution in [0.25, 0.3) is 0 Å². The monoisotopic (exact) mass is 369 g/mol. The molecule has 5 nitrogen and oxygen atoms in total. The Morgan fingerprint density at radius 3 is 2.52 bits per heavy atom. The highest BCUT2D eigenvalue weighted by Gasteiger charge is 2.25. The SMILES string of the molecule is CN(CCC(=O)Nc1ccccc1C(=O)NC1CC1)Cc1ccc(F)cc1. The van der Waals surface area contributed by atoms with Crippen LogP contribution in [0.2, 0.25) is 0 Å². The van der Waals surface area contributed by atoms with Gasteiger partial charge >= 0.3 is 0 Å². The van der Waals surface area contributed by atoms with Crippen molar-refractivity contribution in [2.75, 3.05) is 18.9 Å². The molecule has 0 spiro atoms. The van der Waals surface area contributed by atoms with Crippen molar-refractivity contribution >= 4 is 17.5 Å². The van der Waals surface area contributed by atoms with Crippen LogP contribution >= 0.6 is 0 Å². The molecule has 0 radical (unpaired) electrons. The van der Waals surface area contributed by atoms with Crippen molar-refractivity contribution in [3.05, 3.63) is 65.5 Å². The van der Waals surface area contributed by atoms with Crippen LogP contribution in [-0.4, -0.2) is 36.3 Å². The van der Waals surface area contributed by atoms with Crippen LogP contribution in [0.3, 0.4) is 0 Å². The molecule has 0 bridgehead atoms. The minimum atomic E-state index is -0.259. The zero-order valence-electron chi connectivity index (χ0n) is 15.4. The second-order valence-corrected chi connectivity index (χ2v) is 6.96. The maximum atomic E-state index is 13.0. The molecule has 0 saturated heterocycles. The van der Waals surface area contributed by atoms with Gasteiger partial charge in [0.2, 0.25) is 5.91 Å². The Labute approximate surface area is 158 Å². The second kappa shape index (κ2) is 8.77. The summed E-state index contributed by atoms with van der Waals surface area (Å²) in [7, 11) is 1.91. The zero-order chi connectivity index (χ0) is 19.2. The Kier molecular flexibility index (Phi) is 6.19. The highest BCUT2D eigenvalue weighted by Crippen LogP contribution is 2.21. The summed E-state index contributed by atoms with van der Waals surface area (Å²) in [6.07, 6.45) is 2.33. The van der Waals surface area contributed by atoms with Gasteiger partial charge in [0.05, 0.1) is 11.3 Å². The molecular formula is C21H24FN3O2. The van der Waals surface area contributed by atoms with Crippen LogP contribution in [0.1, 0.15) is 35.2 Å². The van der Waals surface area contributed by atoms with E-state index in [0.717, 1.165) is 18.4 Å². The van der Waals surface area contributed by atoms with E-state index in [2.05, 4.69) is 10.6 Å². The van der Waals surface area contributed by atoms with Crippen molar-refractivity contribution in [2.45, 2.75) is 31.8 Å². The predicted octanol–water partition coefficient (Wildman–Crippen LogP) is 3.18. The number of benzene rings is 2. The Bertz CT molecular complexity index is 803. The van der Waals surface area contributed by atoms with E-state index < -0.39 is 0 Å². The van der Waals surface area contributed by atoms with Gasteiger partial charge in [-0.25, -0.2) is 4.39 Å². The average molecular weight is 369 g/mol. The molecule has 6 heteroatoms. The van der Waals surface area contributed by atoms with Gasteiger partial charge in [0.1, 0.15) is 5.82 Å². The van der Waals surface area contributed by atoms with E-state index in [1.54, 1.807) is 36.4 Å². The number of carbonyl (C=O) groups is 2. The van der Waals surface area contributed by atoms with Crippen molar-refractivity contribution < 1.29 is 14.0 Å². The predicted molar refractivity (Wildman–Crippen MR) is 103 cm³/mol. The third-order valence-electron chi connectivity index (χ3n) is 4.44. The number of halogens is 1. The number of nitrogens with zero attached hydrogens (tertiary/aromatic N) is 1. The Hall–Kier alpha value is -2.73. The standard InChI is InChI=1S/C21H24FN3O2/c1-25(14-15-6-8-16(22)9-7-15)13-12-20(26)24-19-5-3-2-4-18(19)21(27)23-17-10-11-17/h2-9,17H,10-14H2,1H3,(H,23,27)(H,24,26). The van der Waals surface area contributed by atoms with Crippen LogP contribution in [0.5, 0.6) is 0 Å². The Balaban J connectivity index is 1.50. The average Bonchev–Trinajstić information content (AvgIpc) is 3.46. The largest absolute Gasteiger partial charge is 0.349 e. The fraction of sp³-hybridized carbons (Fsp3) is 0.333. The highest BCUT2D eigenvalue weighted by atomic mass is 19.1. The molecule has 0 heterocycles. The first-order chi connectivity index (χ1) is 13.0. The maximum Gasteiger partial charge on any atom is 0.253 e. The maximum absolute atomic E-state index is 13.0. The molecule has 1 aliphatic rings. The van der Waals surface area contributed by atoms with Gasteiger partial charge in [-0.2, -0.15) is 0 Å². The van der Waals surface area contributed by atoms with E-state index in [1.165, 1.54) is 12.1 Å². The third-order valence-corrected chi connectivity index (χ3v) is 4.44. The zero-order valence-corrected chi connectivity index (χ0v) is 15.4. The molecule has 142 valence electrons. The minimum absolute atomic E-state index is 0.146. The topological polar surface area (TPSA) is 61.4 Å². The molecule has 2 aromatic carbocycles. The number of hydrogen-bond acceptors (Lipinski definition) is 3. The summed E-state index contributed by atoms with van der Waals surface area (Å²) >= 11 is 0. The number of para-hydroxylation sites is 1. The molecule has 1 fully saturated rings. The Morgan fingerprint density at radius 2 is 1.81 bits per heavy atom. The molecule has 2 amide bonds. The van der Waals surface area contributed by atoms with Crippen LogP contribution < -0.4 is 10.6 Å². The molecule has 1 saturated carbocycles. The van der Waals surface area contributed by atoms with Crippen molar-refractivity contribution in [3.63, 3.8) is 0 Å². The normalized spacial score (nSPS) is 13.4. The van der Waals surface area contributed by atoms with Gasteiger partial charge in [0.25, 0.3) is 5.91 Å². The summed E-state index contributed by atoms with van der Waals surface area (Å²) < 4.78 is 13.0. The summed E-state index contributed by atoms with van der Waals surface area (Å²) in [5.41, 5.74) is 2.00. The molecule has 3 rings (SSSR count). The first kappa shape index (κ1) is 19.0. The summed E-state index contributed by atoms with van der Waals surface area (Å²) in [6, 6.07) is 13.6. The lowest BCUT2D eigenvalue weighted by Crippen LogP contribution is -2.28. The molecule has 0 aliphatic heterocycles. The summed E-state index contributed by atoms with van der Waals surface area (Å²) in [4.78, 5) is 26.6. The van der Waals surface area contributed by atoms with Crippen LogP contribution in [-0.2, 0) is 11.3 Å². The lowest BCUT2D eigenvalue weighted by atomic mass is 10.1. The number of amides is 2. The molecular weight excluding hydrogens is 345 g/mol. The van der Waals surface area contributed by atoms with Gasteiger partial charge in [-0.3, -0.25) is 9.59 Å². The van der Waals surface area contributed by atoms with Gasteiger partial charge in [-0.1, -0.05) is 24.3 Å². The highest BCUT2D eigenvalue weighted by molar-refractivity contribution is 6.03. The Morgan fingerprint density at radius 1 is 1.11 bits per heavy atom. The quantitative estimate of drug-likeness (QED) is 0.751. The van der Waals surface area contributed by atoms with Crippen LogP contribution in [0.4, 0.5) is 10.1 Å². The molecule has 0 atom stereocenters. The summed E-state index contributed by atoms with van der Waals surface area (Å²) in [6.45, 7) is 1.19. The summed E-state index contributed by atoms with van der Waals surface area (Å²) in [5.74, 6) is -0.556. The fourth-order valence-corrected chi connectivity index (χ4v) is 2.77. The molecule has 0 unspecified atom stereocenters. The third kappa shape index (κ3) is 5.89. The molecule has 27 heavy (non-hydrogen) atoms. The lowest BCUT2D eigenvalue weighted by Gasteiger charge is -2.17. The molecule has 2 N–H and O–H groups in total. The molecule has 0 aromatic heterocycles. The lowest BCUT2D eigenvalue weighted by molar-refractivity contribution is -0.116. The van der Waals surface area contributed by atoms with Crippen LogP contribution in [0.15, 0.2) is 48.5 Å². The fourth-order valence-electron chi connectivity index (χ4n) is 2.77. The van der Waals surface area contributed by atoms with E-state index in [-0.39, 0.29) is 23.7 Å². The van der Waals surface area contributed by atoms with E-state index in [9.17, 15) is 14.0 Å². The van der Waals surface area contributed by atoms with E-state index in [0.29, 0.717) is 30.8 Å². The first-order valence-corrected chi connectivity index (χ1v) is 9.14. The van der Waals surface area contributed by atoms with E-state index >= 15 is 0 Å². The van der Waals surface area contributed by atoms with E-state index in [1.807, 2.05) is 11.9 Å². The van der Waals surface area contributed by atoms with Crippen LogP contribution in [0, 0.1) is 5.82 Å². The minimum Gasteiger partial charge on any atom is -0.349 e. The van der Waals surface area contributed by atoms with Crippen molar-refractivity contribution in [1.82, 2.24) is 10.2 Å². The van der Waals surface area contributed by atoms with Gasteiger partial charge in [-0.15, -0.1) is 0 Å². The number of carbonyl (C=O) groups excluding carboxylic acids is 2. The van der Waals surface area contributed by atoms with Crippen molar-refractivity contribution in [2.24, 2.45) is 0 Å². The summed E-state index contributed by atoms with van der Waals surface area (Å²) in [5, 5.41) is 5.78.